The highest BCUT2D eigenvalue weighted by molar-refractivity contribution is 5.48. The largest absolute Gasteiger partial charge is 0.493 e. The molecule has 1 unspecified atom stereocenters. The van der Waals surface area contributed by atoms with E-state index in [4.69, 9.17) is 9.47 Å². The van der Waals surface area contributed by atoms with E-state index in [9.17, 15) is 0 Å². The molecule has 1 saturated carbocycles. The molecule has 0 amide bonds. The Morgan fingerprint density at radius 1 is 1.15 bits per heavy atom. The van der Waals surface area contributed by atoms with Gasteiger partial charge >= 0.3 is 0 Å². The predicted molar refractivity (Wildman–Crippen MR) is 82.5 cm³/mol. The molecule has 112 valence electrons. The summed E-state index contributed by atoms with van der Waals surface area (Å²) in [6.07, 6.45) is 6.68. The first-order valence-electron chi connectivity index (χ1n) is 7.76. The number of hydrogen-bond donors (Lipinski definition) is 1. The smallest absolute Gasteiger partial charge is 0.165 e. The normalized spacial score (nSPS) is 17.8. The average Bonchev–Trinajstić information content (AvgIpc) is 2.52. The number of benzene rings is 1. The van der Waals surface area contributed by atoms with Crippen molar-refractivity contribution in [2.75, 3.05) is 20.8 Å². The lowest BCUT2D eigenvalue weighted by atomic mass is 9.80. The van der Waals surface area contributed by atoms with Crippen molar-refractivity contribution in [2.45, 2.75) is 45.1 Å². The molecule has 0 aliphatic heterocycles. The Morgan fingerprint density at radius 2 is 1.90 bits per heavy atom. The van der Waals surface area contributed by atoms with Crippen molar-refractivity contribution in [3.63, 3.8) is 0 Å². The SMILES string of the molecule is CCNC(c1cccc(OC)c1OC)C1CCCCC1. The molecule has 1 fully saturated rings. The molecule has 0 radical (unpaired) electrons. The zero-order valence-electron chi connectivity index (χ0n) is 12.9. The van der Waals surface area contributed by atoms with Gasteiger partial charge in [0.15, 0.2) is 11.5 Å². The van der Waals surface area contributed by atoms with Gasteiger partial charge in [-0.3, -0.25) is 0 Å². The minimum absolute atomic E-state index is 0.366. The van der Waals surface area contributed by atoms with Crippen LogP contribution in [0, 0.1) is 5.92 Å². The Kier molecular flexibility index (Phi) is 5.72. The van der Waals surface area contributed by atoms with Gasteiger partial charge in [0, 0.05) is 11.6 Å². The third-order valence-electron chi connectivity index (χ3n) is 4.31. The number of rotatable bonds is 6. The molecule has 0 heterocycles. The summed E-state index contributed by atoms with van der Waals surface area (Å²) in [5.74, 6) is 2.40. The van der Waals surface area contributed by atoms with Gasteiger partial charge in [-0.25, -0.2) is 0 Å². The summed E-state index contributed by atoms with van der Waals surface area (Å²) < 4.78 is 11.1. The van der Waals surface area contributed by atoms with E-state index in [2.05, 4.69) is 24.4 Å². The van der Waals surface area contributed by atoms with E-state index in [1.54, 1.807) is 14.2 Å². The maximum atomic E-state index is 5.62. The van der Waals surface area contributed by atoms with Gasteiger partial charge in [0.25, 0.3) is 0 Å². The summed E-state index contributed by atoms with van der Waals surface area (Å²) in [6, 6.07) is 6.56. The van der Waals surface area contributed by atoms with E-state index >= 15 is 0 Å². The first-order chi connectivity index (χ1) is 9.81. The van der Waals surface area contributed by atoms with Crippen LogP contribution < -0.4 is 14.8 Å². The molecule has 20 heavy (non-hydrogen) atoms. The monoisotopic (exact) mass is 277 g/mol. The molecule has 3 heteroatoms. The standard InChI is InChI=1S/C17H27NO2/c1-4-18-16(13-9-6-5-7-10-13)14-11-8-12-15(19-2)17(14)20-3/h8,11-13,16,18H,4-7,9-10H2,1-3H3. The topological polar surface area (TPSA) is 30.5 Å². The van der Waals surface area contributed by atoms with Crippen LogP contribution in [0.1, 0.15) is 50.6 Å². The molecule has 0 aromatic heterocycles. The molecular formula is C17H27NO2. The summed E-state index contributed by atoms with van der Waals surface area (Å²) in [6.45, 7) is 3.14. The average molecular weight is 277 g/mol. The maximum Gasteiger partial charge on any atom is 0.165 e. The second-order valence-electron chi connectivity index (χ2n) is 5.52. The van der Waals surface area contributed by atoms with Crippen molar-refractivity contribution in [3.05, 3.63) is 23.8 Å². The van der Waals surface area contributed by atoms with Gasteiger partial charge in [-0.1, -0.05) is 38.3 Å². The van der Waals surface area contributed by atoms with Crippen LogP contribution in [0.25, 0.3) is 0 Å². The molecule has 1 aromatic carbocycles. The highest BCUT2D eigenvalue weighted by Crippen LogP contribution is 2.41. The van der Waals surface area contributed by atoms with E-state index in [-0.39, 0.29) is 0 Å². The lowest BCUT2D eigenvalue weighted by Crippen LogP contribution is -2.30. The molecule has 3 nitrogen and oxygen atoms in total. The van der Waals surface area contributed by atoms with Crippen molar-refractivity contribution in [3.8, 4) is 11.5 Å². The van der Waals surface area contributed by atoms with Crippen LogP contribution in [0.4, 0.5) is 0 Å². The van der Waals surface area contributed by atoms with E-state index in [1.165, 1.54) is 37.7 Å². The van der Waals surface area contributed by atoms with Crippen LogP contribution in [-0.4, -0.2) is 20.8 Å². The second kappa shape index (κ2) is 7.53. The number of methoxy groups -OCH3 is 2. The predicted octanol–water partition coefficient (Wildman–Crippen LogP) is 3.93. The van der Waals surface area contributed by atoms with E-state index < -0.39 is 0 Å². The van der Waals surface area contributed by atoms with Crippen LogP contribution >= 0.6 is 0 Å². The Balaban J connectivity index is 2.32. The number of para-hydroxylation sites is 1. The van der Waals surface area contributed by atoms with E-state index in [0.717, 1.165) is 18.0 Å². The molecular weight excluding hydrogens is 250 g/mol. The third kappa shape index (κ3) is 3.26. The molecule has 0 saturated heterocycles. The van der Waals surface area contributed by atoms with Crippen LogP contribution in [0.2, 0.25) is 0 Å². The Morgan fingerprint density at radius 3 is 2.50 bits per heavy atom. The van der Waals surface area contributed by atoms with Crippen LogP contribution in [0.15, 0.2) is 18.2 Å². The third-order valence-corrected chi connectivity index (χ3v) is 4.31. The van der Waals surface area contributed by atoms with E-state index in [1.807, 2.05) is 6.07 Å². The van der Waals surface area contributed by atoms with Gasteiger partial charge in [-0.2, -0.15) is 0 Å². The molecule has 0 bridgehead atoms. The molecule has 1 N–H and O–H groups in total. The summed E-state index contributed by atoms with van der Waals surface area (Å²) in [5, 5.41) is 3.66. The van der Waals surface area contributed by atoms with Crippen molar-refractivity contribution in [2.24, 2.45) is 5.92 Å². The molecule has 0 spiro atoms. The Hall–Kier alpha value is -1.22. The minimum Gasteiger partial charge on any atom is -0.493 e. The van der Waals surface area contributed by atoms with Gasteiger partial charge in [0.05, 0.1) is 14.2 Å². The first-order valence-corrected chi connectivity index (χ1v) is 7.76. The lowest BCUT2D eigenvalue weighted by molar-refractivity contribution is 0.265. The minimum atomic E-state index is 0.366. The first kappa shape index (κ1) is 15.2. The van der Waals surface area contributed by atoms with Crippen LogP contribution in [0.5, 0.6) is 11.5 Å². The van der Waals surface area contributed by atoms with Crippen LogP contribution in [-0.2, 0) is 0 Å². The van der Waals surface area contributed by atoms with Crippen LogP contribution in [0.3, 0.4) is 0 Å². The summed E-state index contributed by atoms with van der Waals surface area (Å²) in [5.41, 5.74) is 1.24. The molecule has 1 aliphatic carbocycles. The van der Waals surface area contributed by atoms with Gasteiger partial charge in [-0.15, -0.1) is 0 Å². The maximum absolute atomic E-state index is 5.62. The fraction of sp³-hybridized carbons (Fsp3) is 0.647. The zero-order valence-corrected chi connectivity index (χ0v) is 12.9. The fourth-order valence-corrected chi connectivity index (χ4v) is 3.37. The summed E-state index contributed by atoms with van der Waals surface area (Å²) in [7, 11) is 3.43. The van der Waals surface area contributed by atoms with Gasteiger partial charge in [0.1, 0.15) is 0 Å². The summed E-state index contributed by atoms with van der Waals surface area (Å²) >= 11 is 0. The molecule has 1 aromatic rings. The van der Waals surface area contributed by atoms with Crippen molar-refractivity contribution < 1.29 is 9.47 Å². The fourth-order valence-electron chi connectivity index (χ4n) is 3.37. The molecule has 1 aliphatic rings. The van der Waals surface area contributed by atoms with Crippen molar-refractivity contribution in [1.82, 2.24) is 5.32 Å². The highest BCUT2D eigenvalue weighted by Gasteiger charge is 2.27. The summed E-state index contributed by atoms with van der Waals surface area (Å²) in [4.78, 5) is 0. The van der Waals surface area contributed by atoms with Gasteiger partial charge < -0.3 is 14.8 Å². The Labute approximate surface area is 122 Å². The Bertz CT molecular complexity index is 413. The quantitative estimate of drug-likeness (QED) is 0.854. The molecule has 2 rings (SSSR count). The lowest BCUT2D eigenvalue weighted by Gasteiger charge is -2.32. The number of hydrogen-bond acceptors (Lipinski definition) is 3. The van der Waals surface area contributed by atoms with Gasteiger partial charge in [-0.05, 0) is 31.4 Å². The highest BCUT2D eigenvalue weighted by atomic mass is 16.5. The van der Waals surface area contributed by atoms with E-state index in [0.29, 0.717) is 12.0 Å². The van der Waals surface area contributed by atoms with Crippen molar-refractivity contribution >= 4 is 0 Å². The number of nitrogens with one attached hydrogen (secondary N) is 1. The number of ether oxygens (including phenoxy) is 2. The second-order valence-corrected chi connectivity index (χ2v) is 5.52. The zero-order chi connectivity index (χ0) is 14.4. The van der Waals surface area contributed by atoms with Gasteiger partial charge in [0.2, 0.25) is 0 Å². The van der Waals surface area contributed by atoms with Crippen molar-refractivity contribution in [1.29, 1.82) is 0 Å². The molecule has 1 atom stereocenters.